The van der Waals surface area contributed by atoms with Crippen molar-refractivity contribution in [3.05, 3.63) is 66.7 Å². The van der Waals surface area contributed by atoms with Gasteiger partial charge in [0.25, 0.3) is 20.0 Å². The Labute approximate surface area is 192 Å². The Morgan fingerprint density at radius 3 is 1.79 bits per heavy atom. The van der Waals surface area contributed by atoms with Crippen molar-refractivity contribution in [3.63, 3.8) is 0 Å². The Balaban J connectivity index is 1.47. The zero-order valence-electron chi connectivity index (χ0n) is 17.6. The SMILES string of the molecule is COc1ccc(S(=O)(=O)Nc2ccc(NS(=O)(=O)c3ccc4c(c3)OCCCO4)cc2)cc1. The van der Waals surface area contributed by atoms with Crippen LogP contribution in [-0.4, -0.2) is 37.2 Å². The van der Waals surface area contributed by atoms with Gasteiger partial charge in [0.15, 0.2) is 11.5 Å². The summed E-state index contributed by atoms with van der Waals surface area (Å²) in [5, 5.41) is 0. The molecule has 1 aliphatic rings. The summed E-state index contributed by atoms with van der Waals surface area (Å²) in [6, 6.07) is 16.2. The van der Waals surface area contributed by atoms with E-state index in [4.69, 9.17) is 14.2 Å². The quantitative estimate of drug-likeness (QED) is 0.520. The van der Waals surface area contributed by atoms with Crippen molar-refractivity contribution in [1.82, 2.24) is 0 Å². The molecular weight excluding hydrogens is 468 g/mol. The highest BCUT2D eigenvalue weighted by molar-refractivity contribution is 7.93. The standard InChI is InChI=1S/C22H22N2O7S2/c1-29-18-7-9-19(10-8-18)32(25,26)23-16-3-5-17(6-4-16)24-33(27,28)20-11-12-21-22(15-20)31-14-2-13-30-21/h3-12,15,23-24H,2,13-14H2,1H3. The van der Waals surface area contributed by atoms with Crippen molar-refractivity contribution in [2.45, 2.75) is 16.2 Å². The fourth-order valence-corrected chi connectivity index (χ4v) is 5.23. The lowest BCUT2D eigenvalue weighted by molar-refractivity contribution is 0.297. The Kier molecular flexibility index (Phi) is 6.34. The minimum atomic E-state index is -3.89. The molecule has 3 aromatic carbocycles. The van der Waals surface area contributed by atoms with E-state index in [1.807, 2.05) is 0 Å². The van der Waals surface area contributed by atoms with Crippen molar-refractivity contribution >= 4 is 31.4 Å². The number of hydrogen-bond donors (Lipinski definition) is 2. The molecule has 4 rings (SSSR count). The van der Waals surface area contributed by atoms with Crippen LogP contribution in [0.15, 0.2) is 76.5 Å². The Bertz CT molecular complexity index is 1340. The lowest BCUT2D eigenvalue weighted by Gasteiger charge is -2.12. The van der Waals surface area contributed by atoms with Gasteiger partial charge in [0.2, 0.25) is 0 Å². The summed E-state index contributed by atoms with van der Waals surface area (Å²) < 4.78 is 71.8. The molecule has 3 aromatic rings. The van der Waals surface area contributed by atoms with Crippen LogP contribution in [0.25, 0.3) is 0 Å². The van der Waals surface area contributed by atoms with E-state index in [1.54, 1.807) is 18.2 Å². The van der Waals surface area contributed by atoms with E-state index in [0.29, 0.717) is 36.9 Å². The molecule has 0 saturated carbocycles. The molecule has 11 heteroatoms. The fraction of sp³-hybridized carbons (Fsp3) is 0.182. The van der Waals surface area contributed by atoms with Gasteiger partial charge in [-0.3, -0.25) is 9.44 Å². The molecule has 0 spiro atoms. The topological polar surface area (TPSA) is 120 Å². The van der Waals surface area contributed by atoms with Crippen molar-refractivity contribution in [2.75, 3.05) is 29.8 Å². The first-order valence-corrected chi connectivity index (χ1v) is 12.9. The largest absolute Gasteiger partial charge is 0.497 e. The molecule has 2 N–H and O–H groups in total. The van der Waals surface area contributed by atoms with Gasteiger partial charge in [-0.05, 0) is 60.7 Å². The summed E-state index contributed by atoms with van der Waals surface area (Å²) in [6.45, 7) is 0.948. The molecule has 0 aromatic heterocycles. The van der Waals surface area contributed by atoms with Crippen LogP contribution in [0, 0.1) is 0 Å². The van der Waals surface area contributed by atoms with Crippen LogP contribution in [-0.2, 0) is 20.0 Å². The zero-order valence-corrected chi connectivity index (χ0v) is 19.3. The summed E-state index contributed by atoms with van der Waals surface area (Å²) in [5.74, 6) is 1.41. The highest BCUT2D eigenvalue weighted by Gasteiger charge is 2.19. The molecule has 0 atom stereocenters. The van der Waals surface area contributed by atoms with E-state index in [2.05, 4.69) is 9.44 Å². The number of methoxy groups -OCH3 is 1. The number of fused-ring (bicyclic) bond motifs is 1. The number of rotatable bonds is 7. The predicted molar refractivity (Wildman–Crippen MR) is 123 cm³/mol. The predicted octanol–water partition coefficient (Wildman–Crippen LogP) is 3.46. The maximum absolute atomic E-state index is 12.8. The minimum Gasteiger partial charge on any atom is -0.497 e. The van der Waals surface area contributed by atoms with Gasteiger partial charge in [-0.1, -0.05) is 0 Å². The van der Waals surface area contributed by atoms with Crippen LogP contribution >= 0.6 is 0 Å². The Morgan fingerprint density at radius 1 is 0.697 bits per heavy atom. The average Bonchev–Trinajstić information content (AvgIpc) is 3.05. The van der Waals surface area contributed by atoms with Crippen LogP contribution < -0.4 is 23.7 Å². The molecule has 9 nitrogen and oxygen atoms in total. The molecule has 1 aliphatic heterocycles. The van der Waals surface area contributed by atoms with Crippen molar-refractivity contribution in [2.24, 2.45) is 0 Å². The molecule has 0 saturated heterocycles. The summed E-state index contributed by atoms with van der Waals surface area (Å²) >= 11 is 0. The van der Waals surface area contributed by atoms with Crippen LogP contribution in [0.3, 0.4) is 0 Å². The lowest BCUT2D eigenvalue weighted by Crippen LogP contribution is -2.14. The normalized spacial score (nSPS) is 13.6. The highest BCUT2D eigenvalue weighted by Crippen LogP contribution is 2.32. The fourth-order valence-electron chi connectivity index (χ4n) is 3.10. The number of benzene rings is 3. The van der Waals surface area contributed by atoms with Crippen molar-refractivity contribution < 1.29 is 31.0 Å². The second-order valence-electron chi connectivity index (χ2n) is 7.12. The van der Waals surface area contributed by atoms with Crippen molar-refractivity contribution in [1.29, 1.82) is 0 Å². The number of ether oxygens (including phenoxy) is 3. The molecular formula is C22H22N2O7S2. The number of hydrogen-bond acceptors (Lipinski definition) is 7. The van der Waals surface area contributed by atoms with E-state index in [1.165, 1.54) is 55.6 Å². The minimum absolute atomic E-state index is 0.0241. The van der Waals surface area contributed by atoms with Gasteiger partial charge in [-0.25, -0.2) is 16.8 Å². The van der Waals surface area contributed by atoms with Crippen LogP contribution in [0.4, 0.5) is 11.4 Å². The zero-order chi connectivity index (χ0) is 23.5. The van der Waals surface area contributed by atoms with E-state index in [9.17, 15) is 16.8 Å². The van der Waals surface area contributed by atoms with Crippen LogP contribution in [0.1, 0.15) is 6.42 Å². The third kappa shape index (κ3) is 5.32. The Hall–Kier alpha value is -3.44. The summed E-state index contributed by atoms with van der Waals surface area (Å²) in [4.78, 5) is 0.0959. The van der Waals surface area contributed by atoms with Gasteiger partial charge in [-0.15, -0.1) is 0 Å². The van der Waals surface area contributed by atoms with Crippen molar-refractivity contribution in [3.8, 4) is 17.2 Å². The van der Waals surface area contributed by atoms with E-state index in [-0.39, 0.29) is 21.2 Å². The second-order valence-corrected chi connectivity index (χ2v) is 10.5. The molecule has 174 valence electrons. The summed E-state index contributed by atoms with van der Waals surface area (Å²) in [7, 11) is -6.21. The third-order valence-corrected chi connectivity index (χ3v) is 7.56. The van der Waals surface area contributed by atoms with Gasteiger partial charge in [-0.2, -0.15) is 0 Å². The molecule has 0 bridgehead atoms. The van der Waals surface area contributed by atoms with E-state index in [0.717, 1.165) is 0 Å². The lowest BCUT2D eigenvalue weighted by atomic mass is 10.3. The van der Waals surface area contributed by atoms with Gasteiger partial charge in [0, 0.05) is 23.9 Å². The molecule has 1 heterocycles. The molecule has 0 unspecified atom stereocenters. The van der Waals surface area contributed by atoms with Crippen LogP contribution in [0.5, 0.6) is 17.2 Å². The first kappa shape index (κ1) is 22.7. The molecule has 0 amide bonds. The van der Waals surface area contributed by atoms with E-state index < -0.39 is 20.0 Å². The second kappa shape index (κ2) is 9.20. The first-order valence-electron chi connectivity index (χ1n) is 9.96. The third-order valence-electron chi connectivity index (χ3n) is 4.79. The number of anilines is 2. The van der Waals surface area contributed by atoms with E-state index >= 15 is 0 Å². The average molecular weight is 491 g/mol. The first-order chi connectivity index (χ1) is 15.8. The summed E-state index contributed by atoms with van der Waals surface area (Å²) in [5.41, 5.74) is 0.554. The summed E-state index contributed by atoms with van der Waals surface area (Å²) in [6.07, 6.45) is 0.712. The maximum Gasteiger partial charge on any atom is 0.262 e. The molecule has 0 radical (unpaired) electrons. The highest BCUT2D eigenvalue weighted by atomic mass is 32.2. The van der Waals surface area contributed by atoms with Gasteiger partial charge in [0.1, 0.15) is 5.75 Å². The number of nitrogens with one attached hydrogen (secondary N) is 2. The van der Waals surface area contributed by atoms with Gasteiger partial charge < -0.3 is 14.2 Å². The molecule has 0 fully saturated rings. The molecule has 33 heavy (non-hydrogen) atoms. The monoisotopic (exact) mass is 490 g/mol. The van der Waals surface area contributed by atoms with Crippen LogP contribution in [0.2, 0.25) is 0 Å². The molecule has 0 aliphatic carbocycles. The van der Waals surface area contributed by atoms with Gasteiger partial charge >= 0.3 is 0 Å². The number of sulfonamides is 2. The Morgan fingerprint density at radius 2 is 1.21 bits per heavy atom. The smallest absolute Gasteiger partial charge is 0.262 e. The maximum atomic E-state index is 12.8. The van der Waals surface area contributed by atoms with Gasteiger partial charge in [0.05, 0.1) is 30.1 Å².